The molecular weight excluding hydrogens is 457 g/mol. The summed E-state index contributed by atoms with van der Waals surface area (Å²) in [6, 6.07) is 7.45. The predicted octanol–water partition coefficient (Wildman–Crippen LogP) is 4.17. The first kappa shape index (κ1) is 23.4. The molecule has 1 N–H and O–H groups in total. The number of amides is 2. The minimum atomic E-state index is -4.59. The number of halogens is 3. The number of esters is 1. The van der Waals surface area contributed by atoms with E-state index in [1.165, 1.54) is 31.1 Å². The fourth-order valence-corrected chi connectivity index (χ4v) is 3.78. The van der Waals surface area contributed by atoms with Crippen LogP contribution in [0.5, 0.6) is 11.5 Å². The normalized spacial score (nSPS) is 17.6. The topological polar surface area (TPSA) is 86.3 Å². The smallest absolute Gasteiger partial charge is 0.416 e. The van der Waals surface area contributed by atoms with Gasteiger partial charge in [-0.15, -0.1) is 0 Å². The maximum Gasteiger partial charge on any atom is 0.416 e. The van der Waals surface area contributed by atoms with Crippen molar-refractivity contribution >= 4 is 17.7 Å². The lowest BCUT2D eigenvalue weighted by atomic mass is 9.93. The monoisotopic (exact) mass is 478 g/mol. The lowest BCUT2D eigenvalue weighted by Crippen LogP contribution is -2.48. The van der Waals surface area contributed by atoms with Gasteiger partial charge in [0.15, 0.2) is 11.5 Å². The van der Waals surface area contributed by atoms with Gasteiger partial charge in [0.1, 0.15) is 6.61 Å². The van der Waals surface area contributed by atoms with Crippen molar-refractivity contribution in [3.05, 3.63) is 64.9 Å². The van der Waals surface area contributed by atoms with Crippen LogP contribution in [0.1, 0.15) is 24.1 Å². The zero-order valence-corrected chi connectivity index (χ0v) is 18.3. The number of carbonyl (C=O) groups is 2. The van der Waals surface area contributed by atoms with Crippen LogP contribution in [0.25, 0.3) is 0 Å². The highest BCUT2D eigenvalue weighted by molar-refractivity contribution is 6.03. The Hall–Kier alpha value is -3.73. The molecule has 2 aliphatic rings. The van der Waals surface area contributed by atoms with Gasteiger partial charge in [0.25, 0.3) is 0 Å². The summed E-state index contributed by atoms with van der Waals surface area (Å²) < 4.78 is 60.7. The highest BCUT2D eigenvalue weighted by atomic mass is 19.4. The van der Waals surface area contributed by atoms with Crippen molar-refractivity contribution in [2.24, 2.45) is 0 Å². The number of hydrogen-bond acceptors (Lipinski definition) is 6. The summed E-state index contributed by atoms with van der Waals surface area (Å²) in [4.78, 5) is 27.4. The van der Waals surface area contributed by atoms with Gasteiger partial charge in [-0.25, -0.2) is 9.59 Å². The molecular formula is C23H21F3N2O6. The molecule has 1 unspecified atom stereocenters. The molecule has 2 aliphatic heterocycles. The fourth-order valence-electron chi connectivity index (χ4n) is 3.78. The summed E-state index contributed by atoms with van der Waals surface area (Å²) in [7, 11) is 1.44. The highest BCUT2D eigenvalue weighted by Gasteiger charge is 2.39. The van der Waals surface area contributed by atoms with Crippen molar-refractivity contribution in [3.63, 3.8) is 0 Å². The first-order chi connectivity index (χ1) is 16.2. The van der Waals surface area contributed by atoms with Gasteiger partial charge in [0.2, 0.25) is 6.79 Å². The molecule has 0 bridgehead atoms. The third-order valence-corrected chi connectivity index (χ3v) is 5.39. The van der Waals surface area contributed by atoms with E-state index in [2.05, 4.69) is 5.32 Å². The fraction of sp³-hybridized carbons (Fsp3) is 0.304. The Bertz CT molecular complexity index is 1150. The largest absolute Gasteiger partial charge is 0.460 e. The average molecular weight is 478 g/mol. The molecule has 0 radical (unpaired) electrons. The second kappa shape index (κ2) is 9.26. The van der Waals surface area contributed by atoms with E-state index in [0.29, 0.717) is 17.2 Å². The predicted molar refractivity (Wildman–Crippen MR) is 113 cm³/mol. The SMILES string of the molecule is COCCOC(=O)C1=C(C)N(c2ccc3c(c2)OCO3)C(=O)NC1c1cccc(C(F)(F)F)c1. The Balaban J connectivity index is 1.78. The second-order valence-electron chi connectivity index (χ2n) is 7.51. The number of alkyl halides is 3. The minimum absolute atomic E-state index is 0.00676. The number of allylic oxidation sites excluding steroid dienone is 1. The highest BCUT2D eigenvalue weighted by Crippen LogP contribution is 2.40. The van der Waals surface area contributed by atoms with E-state index < -0.39 is 29.8 Å². The molecule has 0 saturated carbocycles. The number of rotatable bonds is 6. The van der Waals surface area contributed by atoms with E-state index in [1.54, 1.807) is 18.2 Å². The van der Waals surface area contributed by atoms with Crippen LogP contribution in [0, 0.1) is 0 Å². The van der Waals surface area contributed by atoms with Crippen LogP contribution in [0.4, 0.5) is 23.7 Å². The van der Waals surface area contributed by atoms with Crippen molar-refractivity contribution in [1.29, 1.82) is 0 Å². The number of ether oxygens (including phenoxy) is 4. The van der Waals surface area contributed by atoms with Crippen molar-refractivity contribution < 1.29 is 41.7 Å². The minimum Gasteiger partial charge on any atom is -0.460 e. The van der Waals surface area contributed by atoms with Crippen molar-refractivity contribution in [3.8, 4) is 11.5 Å². The summed E-state index contributed by atoms with van der Waals surface area (Å²) in [5.74, 6) is 0.133. The molecule has 0 spiro atoms. The Morgan fingerprint density at radius 2 is 1.91 bits per heavy atom. The first-order valence-electron chi connectivity index (χ1n) is 10.2. The van der Waals surface area contributed by atoms with Gasteiger partial charge in [-0.05, 0) is 36.8 Å². The summed E-state index contributed by atoms with van der Waals surface area (Å²) in [6.45, 7) is 1.62. The molecule has 1 atom stereocenters. The van der Waals surface area contributed by atoms with Gasteiger partial charge in [0.05, 0.1) is 29.5 Å². The number of methoxy groups -OCH3 is 1. The van der Waals surface area contributed by atoms with Crippen LogP contribution in [0.15, 0.2) is 53.7 Å². The number of benzene rings is 2. The quantitative estimate of drug-likeness (QED) is 0.496. The number of carbonyl (C=O) groups excluding carboxylic acids is 2. The molecule has 2 aromatic carbocycles. The summed E-state index contributed by atoms with van der Waals surface area (Å²) in [6.07, 6.45) is -4.59. The maximum absolute atomic E-state index is 13.3. The van der Waals surface area contributed by atoms with Gasteiger partial charge in [-0.2, -0.15) is 13.2 Å². The van der Waals surface area contributed by atoms with Crippen LogP contribution in [0.2, 0.25) is 0 Å². The molecule has 8 nitrogen and oxygen atoms in total. The van der Waals surface area contributed by atoms with E-state index >= 15 is 0 Å². The molecule has 11 heteroatoms. The Kier molecular flexibility index (Phi) is 6.38. The third-order valence-electron chi connectivity index (χ3n) is 5.39. The van der Waals surface area contributed by atoms with E-state index in [4.69, 9.17) is 18.9 Å². The van der Waals surface area contributed by atoms with Crippen LogP contribution >= 0.6 is 0 Å². The molecule has 4 rings (SSSR count). The standard InChI is InChI=1S/C23H21F3N2O6/c1-13-19(21(29)32-9-8-31-2)20(14-4-3-5-15(10-14)23(24,25)26)27-22(30)28(13)16-6-7-17-18(11-16)34-12-33-17/h3-7,10-11,20H,8-9,12H2,1-2H3,(H,27,30). The molecule has 2 heterocycles. The molecule has 0 aliphatic carbocycles. The van der Waals surface area contributed by atoms with Gasteiger partial charge < -0.3 is 24.3 Å². The zero-order chi connectivity index (χ0) is 24.5. The first-order valence-corrected chi connectivity index (χ1v) is 10.2. The number of hydrogen-bond donors (Lipinski definition) is 1. The van der Waals surface area contributed by atoms with E-state index in [-0.39, 0.29) is 36.8 Å². The Morgan fingerprint density at radius 1 is 1.15 bits per heavy atom. The number of urea groups is 1. The Morgan fingerprint density at radius 3 is 2.65 bits per heavy atom. The third kappa shape index (κ3) is 4.51. The molecule has 2 aromatic rings. The van der Waals surface area contributed by atoms with Crippen LogP contribution in [-0.2, 0) is 20.4 Å². The molecule has 0 saturated heterocycles. The van der Waals surface area contributed by atoms with E-state index in [1.807, 2.05) is 0 Å². The van der Waals surface area contributed by atoms with Crippen LogP contribution in [-0.4, -0.2) is 39.1 Å². The molecule has 0 fully saturated rings. The van der Waals surface area contributed by atoms with Gasteiger partial charge in [-0.1, -0.05) is 12.1 Å². The molecule has 180 valence electrons. The molecule has 2 amide bonds. The lowest BCUT2D eigenvalue weighted by Gasteiger charge is -2.35. The number of nitrogens with zero attached hydrogens (tertiary/aromatic N) is 1. The van der Waals surface area contributed by atoms with Gasteiger partial charge in [-0.3, -0.25) is 4.90 Å². The van der Waals surface area contributed by atoms with Crippen molar-refractivity contribution in [2.75, 3.05) is 32.0 Å². The van der Waals surface area contributed by atoms with E-state index in [9.17, 15) is 22.8 Å². The van der Waals surface area contributed by atoms with Gasteiger partial charge >= 0.3 is 18.2 Å². The second-order valence-corrected chi connectivity index (χ2v) is 7.51. The van der Waals surface area contributed by atoms with Crippen LogP contribution < -0.4 is 19.7 Å². The van der Waals surface area contributed by atoms with Crippen molar-refractivity contribution in [2.45, 2.75) is 19.1 Å². The number of anilines is 1. The van der Waals surface area contributed by atoms with E-state index in [0.717, 1.165) is 12.1 Å². The number of fused-ring (bicyclic) bond motifs is 1. The van der Waals surface area contributed by atoms with Gasteiger partial charge in [0, 0.05) is 18.9 Å². The summed E-state index contributed by atoms with van der Waals surface area (Å²) in [5.41, 5.74) is -0.238. The molecule has 34 heavy (non-hydrogen) atoms. The zero-order valence-electron chi connectivity index (χ0n) is 18.3. The lowest BCUT2D eigenvalue weighted by molar-refractivity contribution is -0.140. The van der Waals surface area contributed by atoms with Crippen LogP contribution in [0.3, 0.4) is 0 Å². The summed E-state index contributed by atoms with van der Waals surface area (Å²) >= 11 is 0. The average Bonchev–Trinajstić information content (AvgIpc) is 3.26. The molecule has 0 aromatic heterocycles. The Labute approximate surface area is 192 Å². The summed E-state index contributed by atoms with van der Waals surface area (Å²) in [5, 5.41) is 2.64. The number of nitrogens with one attached hydrogen (secondary N) is 1. The van der Waals surface area contributed by atoms with Crippen molar-refractivity contribution in [1.82, 2.24) is 5.32 Å². The maximum atomic E-state index is 13.3.